The zero-order valence-electron chi connectivity index (χ0n) is 10.8. The van der Waals surface area contributed by atoms with Gasteiger partial charge in [0.1, 0.15) is 0 Å². The number of pyridine rings is 1. The molecule has 1 aliphatic carbocycles. The molecule has 0 aromatic carbocycles. The van der Waals surface area contributed by atoms with Crippen LogP contribution in [0.1, 0.15) is 32.6 Å². The van der Waals surface area contributed by atoms with Crippen LogP contribution in [0.2, 0.25) is 0 Å². The molecule has 1 aliphatic rings. The summed E-state index contributed by atoms with van der Waals surface area (Å²) < 4.78 is 0. The Hall–Kier alpha value is -1.42. The molecule has 1 saturated carbocycles. The van der Waals surface area contributed by atoms with E-state index in [-0.39, 0.29) is 17.9 Å². The van der Waals surface area contributed by atoms with E-state index < -0.39 is 0 Å². The molecule has 1 aromatic rings. The number of nitrogens with zero attached hydrogens (tertiary/aromatic N) is 1. The molecule has 1 amide bonds. The molecular weight excluding hydrogens is 226 g/mol. The van der Waals surface area contributed by atoms with E-state index in [2.05, 4.69) is 10.3 Å². The predicted molar refractivity (Wildman–Crippen MR) is 72.0 cm³/mol. The lowest BCUT2D eigenvalue weighted by molar-refractivity contribution is -0.121. The van der Waals surface area contributed by atoms with Crippen molar-refractivity contribution in [2.45, 2.75) is 38.6 Å². The van der Waals surface area contributed by atoms with Crippen LogP contribution in [0.5, 0.6) is 0 Å². The molecule has 0 unspecified atom stereocenters. The van der Waals surface area contributed by atoms with Crippen molar-refractivity contribution < 1.29 is 4.79 Å². The zero-order chi connectivity index (χ0) is 13.0. The largest absolute Gasteiger partial charge is 0.328 e. The number of carbonyl (C=O) groups excluding carboxylic acids is 1. The summed E-state index contributed by atoms with van der Waals surface area (Å²) in [6.45, 7) is 2.04. The summed E-state index contributed by atoms with van der Waals surface area (Å²) >= 11 is 0. The van der Waals surface area contributed by atoms with Gasteiger partial charge < -0.3 is 11.1 Å². The van der Waals surface area contributed by atoms with Gasteiger partial charge in [-0.15, -0.1) is 0 Å². The first-order chi connectivity index (χ1) is 8.66. The van der Waals surface area contributed by atoms with E-state index in [1.165, 1.54) is 0 Å². The standard InChI is InChI=1S/C14H21N3O/c1-10(15)11-3-2-4-12(9-11)14(18)17-13-5-7-16-8-6-13/h5-8,10-12H,2-4,9,15H2,1H3,(H,16,17,18)/t10-,11-,12-/m1/s1. The van der Waals surface area contributed by atoms with Crippen molar-refractivity contribution in [3.05, 3.63) is 24.5 Å². The lowest BCUT2D eigenvalue weighted by Gasteiger charge is -2.30. The van der Waals surface area contributed by atoms with E-state index in [0.717, 1.165) is 31.4 Å². The van der Waals surface area contributed by atoms with Crippen molar-refractivity contribution in [1.29, 1.82) is 0 Å². The SMILES string of the molecule is C[C@@H](N)[C@@H]1CCC[C@@H](C(=O)Nc2ccncc2)C1. The van der Waals surface area contributed by atoms with Gasteiger partial charge in [0.05, 0.1) is 0 Å². The maximum atomic E-state index is 12.2. The number of rotatable bonds is 3. The highest BCUT2D eigenvalue weighted by Crippen LogP contribution is 2.31. The van der Waals surface area contributed by atoms with Gasteiger partial charge in [-0.1, -0.05) is 6.42 Å². The van der Waals surface area contributed by atoms with Gasteiger partial charge in [-0.2, -0.15) is 0 Å². The average molecular weight is 247 g/mol. The van der Waals surface area contributed by atoms with Gasteiger partial charge >= 0.3 is 0 Å². The Kier molecular flexibility index (Phi) is 4.31. The topological polar surface area (TPSA) is 68.0 Å². The summed E-state index contributed by atoms with van der Waals surface area (Å²) in [6.07, 6.45) is 7.49. The molecule has 0 spiro atoms. The van der Waals surface area contributed by atoms with Crippen LogP contribution in [0.25, 0.3) is 0 Å². The molecule has 2 rings (SSSR count). The number of nitrogens with one attached hydrogen (secondary N) is 1. The van der Waals surface area contributed by atoms with Crippen LogP contribution in [-0.2, 0) is 4.79 Å². The Morgan fingerprint density at radius 1 is 1.44 bits per heavy atom. The molecule has 0 saturated heterocycles. The fraction of sp³-hybridized carbons (Fsp3) is 0.571. The monoisotopic (exact) mass is 247 g/mol. The molecular formula is C14H21N3O. The molecule has 0 aliphatic heterocycles. The van der Waals surface area contributed by atoms with Crippen LogP contribution in [0, 0.1) is 11.8 Å². The van der Waals surface area contributed by atoms with Crippen LogP contribution < -0.4 is 11.1 Å². The fourth-order valence-electron chi connectivity index (χ4n) is 2.62. The maximum Gasteiger partial charge on any atom is 0.227 e. The third-order valence-corrected chi connectivity index (χ3v) is 3.78. The minimum atomic E-state index is 0.0999. The van der Waals surface area contributed by atoms with Gasteiger partial charge in [-0.05, 0) is 44.2 Å². The Morgan fingerprint density at radius 2 is 2.17 bits per heavy atom. The fourth-order valence-corrected chi connectivity index (χ4v) is 2.62. The first-order valence-corrected chi connectivity index (χ1v) is 6.63. The highest BCUT2D eigenvalue weighted by Gasteiger charge is 2.28. The van der Waals surface area contributed by atoms with Gasteiger partial charge in [-0.25, -0.2) is 0 Å². The molecule has 4 nitrogen and oxygen atoms in total. The van der Waals surface area contributed by atoms with Crippen molar-refractivity contribution in [3.8, 4) is 0 Å². The molecule has 1 aromatic heterocycles. The molecule has 1 heterocycles. The second-order valence-corrected chi connectivity index (χ2v) is 5.21. The number of aromatic nitrogens is 1. The van der Waals surface area contributed by atoms with Crippen molar-refractivity contribution >= 4 is 11.6 Å². The summed E-state index contributed by atoms with van der Waals surface area (Å²) in [5.41, 5.74) is 6.76. The molecule has 1 fully saturated rings. The second-order valence-electron chi connectivity index (χ2n) is 5.21. The average Bonchev–Trinajstić information content (AvgIpc) is 2.40. The highest BCUT2D eigenvalue weighted by molar-refractivity contribution is 5.92. The Morgan fingerprint density at radius 3 is 2.83 bits per heavy atom. The van der Waals surface area contributed by atoms with Gasteiger partial charge in [0.15, 0.2) is 0 Å². The molecule has 3 N–H and O–H groups in total. The smallest absolute Gasteiger partial charge is 0.227 e. The van der Waals surface area contributed by atoms with E-state index in [0.29, 0.717) is 5.92 Å². The van der Waals surface area contributed by atoms with E-state index >= 15 is 0 Å². The van der Waals surface area contributed by atoms with Crippen molar-refractivity contribution in [1.82, 2.24) is 4.98 Å². The van der Waals surface area contributed by atoms with Crippen LogP contribution in [-0.4, -0.2) is 16.9 Å². The molecule has 98 valence electrons. The lowest BCUT2D eigenvalue weighted by atomic mass is 9.78. The van der Waals surface area contributed by atoms with Gasteiger partial charge in [-0.3, -0.25) is 9.78 Å². The van der Waals surface area contributed by atoms with Crippen molar-refractivity contribution in [3.63, 3.8) is 0 Å². The summed E-state index contributed by atoms with van der Waals surface area (Å²) in [5, 5.41) is 2.95. The van der Waals surface area contributed by atoms with Crippen LogP contribution in [0.3, 0.4) is 0 Å². The van der Waals surface area contributed by atoms with Crippen LogP contribution in [0.4, 0.5) is 5.69 Å². The quantitative estimate of drug-likeness (QED) is 0.860. The van der Waals surface area contributed by atoms with E-state index in [1.807, 2.05) is 19.1 Å². The number of hydrogen-bond acceptors (Lipinski definition) is 3. The molecule has 0 bridgehead atoms. The Bertz CT molecular complexity index is 391. The molecule has 4 heteroatoms. The van der Waals surface area contributed by atoms with Crippen molar-refractivity contribution in [2.75, 3.05) is 5.32 Å². The number of nitrogens with two attached hydrogens (primary N) is 1. The van der Waals surface area contributed by atoms with E-state index in [4.69, 9.17) is 5.73 Å². The summed E-state index contributed by atoms with van der Waals surface area (Å²) in [7, 11) is 0. The number of amides is 1. The predicted octanol–water partition coefficient (Wildman–Crippen LogP) is 2.17. The van der Waals surface area contributed by atoms with Gasteiger partial charge in [0, 0.05) is 30.0 Å². The third kappa shape index (κ3) is 3.29. The normalized spacial score (nSPS) is 25.4. The zero-order valence-corrected chi connectivity index (χ0v) is 10.8. The number of hydrogen-bond donors (Lipinski definition) is 2. The molecule has 18 heavy (non-hydrogen) atoms. The third-order valence-electron chi connectivity index (χ3n) is 3.78. The maximum absolute atomic E-state index is 12.2. The van der Waals surface area contributed by atoms with E-state index in [9.17, 15) is 4.79 Å². The Balaban J connectivity index is 1.93. The van der Waals surface area contributed by atoms with Crippen LogP contribution >= 0.6 is 0 Å². The van der Waals surface area contributed by atoms with Crippen molar-refractivity contribution in [2.24, 2.45) is 17.6 Å². The van der Waals surface area contributed by atoms with E-state index in [1.54, 1.807) is 12.4 Å². The highest BCUT2D eigenvalue weighted by atomic mass is 16.1. The second kappa shape index (κ2) is 5.96. The summed E-state index contributed by atoms with van der Waals surface area (Å²) in [4.78, 5) is 16.1. The van der Waals surface area contributed by atoms with Gasteiger partial charge in [0.2, 0.25) is 5.91 Å². The lowest BCUT2D eigenvalue weighted by Crippen LogP contribution is -2.35. The number of carbonyl (C=O) groups is 1. The minimum absolute atomic E-state index is 0.0999. The first kappa shape index (κ1) is 13.0. The van der Waals surface area contributed by atoms with Gasteiger partial charge in [0.25, 0.3) is 0 Å². The minimum Gasteiger partial charge on any atom is -0.328 e. The Labute approximate surface area is 108 Å². The van der Waals surface area contributed by atoms with Crippen LogP contribution in [0.15, 0.2) is 24.5 Å². The number of anilines is 1. The summed E-state index contributed by atoms with van der Waals surface area (Å²) in [5.74, 6) is 0.696. The summed E-state index contributed by atoms with van der Waals surface area (Å²) in [6, 6.07) is 3.80. The molecule has 0 radical (unpaired) electrons. The molecule has 3 atom stereocenters. The first-order valence-electron chi connectivity index (χ1n) is 6.63.